The van der Waals surface area contributed by atoms with E-state index in [0.29, 0.717) is 27.7 Å². The third-order valence-corrected chi connectivity index (χ3v) is 4.08. The minimum atomic E-state index is -0.501. The molecule has 2 rings (SSSR count). The van der Waals surface area contributed by atoms with Gasteiger partial charge in [-0.2, -0.15) is 0 Å². The van der Waals surface area contributed by atoms with Crippen LogP contribution in [0.25, 0.3) is 0 Å². The summed E-state index contributed by atoms with van der Waals surface area (Å²) < 4.78 is 0. The van der Waals surface area contributed by atoms with Crippen molar-refractivity contribution in [2.45, 2.75) is 19.8 Å². The monoisotopic (exact) mass is 352 g/mol. The maximum atomic E-state index is 12.1. The molecule has 0 aliphatic heterocycles. The van der Waals surface area contributed by atoms with Crippen LogP contribution in [0, 0.1) is 17.0 Å². The summed E-state index contributed by atoms with van der Waals surface area (Å²) in [5.41, 5.74) is 1.82. The molecule has 0 atom stereocenters. The number of carbonyl (C=O) groups is 1. The van der Waals surface area contributed by atoms with Crippen molar-refractivity contribution in [3.8, 4) is 0 Å². The molecule has 0 radical (unpaired) electrons. The molecule has 0 aliphatic rings. The molecule has 0 heterocycles. The van der Waals surface area contributed by atoms with Crippen LogP contribution in [0.15, 0.2) is 36.4 Å². The molecule has 7 heteroatoms. The molecule has 0 unspecified atom stereocenters. The Bertz CT molecular complexity index is 743. The second-order valence-electron chi connectivity index (χ2n) is 5.00. The molecule has 5 nitrogen and oxygen atoms in total. The number of anilines is 1. The van der Waals surface area contributed by atoms with Crippen LogP contribution in [0.4, 0.5) is 11.4 Å². The number of nitro groups is 1. The van der Waals surface area contributed by atoms with Crippen LogP contribution in [0.1, 0.15) is 17.5 Å². The van der Waals surface area contributed by atoms with Crippen molar-refractivity contribution in [1.82, 2.24) is 0 Å². The van der Waals surface area contributed by atoms with E-state index in [1.54, 1.807) is 31.2 Å². The first-order valence-corrected chi connectivity index (χ1v) is 7.62. The number of halogens is 2. The lowest BCUT2D eigenvalue weighted by Gasteiger charge is -2.09. The quantitative estimate of drug-likeness (QED) is 0.621. The number of non-ortho nitro benzene ring substituents is 1. The number of hydrogen-bond donors (Lipinski definition) is 1. The van der Waals surface area contributed by atoms with Crippen molar-refractivity contribution >= 4 is 40.5 Å². The Morgan fingerprint density at radius 2 is 1.87 bits per heavy atom. The van der Waals surface area contributed by atoms with Gasteiger partial charge in [-0.15, -0.1) is 0 Å². The van der Waals surface area contributed by atoms with Gasteiger partial charge < -0.3 is 5.32 Å². The summed E-state index contributed by atoms with van der Waals surface area (Å²) in [5, 5.41) is 14.5. The third-order valence-electron chi connectivity index (χ3n) is 3.37. The maximum absolute atomic E-state index is 12.1. The Morgan fingerprint density at radius 3 is 2.48 bits per heavy atom. The van der Waals surface area contributed by atoms with Gasteiger partial charge in [0.25, 0.3) is 5.69 Å². The Kier molecular flexibility index (Phi) is 5.58. The van der Waals surface area contributed by atoms with Gasteiger partial charge in [0, 0.05) is 28.6 Å². The summed E-state index contributed by atoms with van der Waals surface area (Å²) in [6.07, 6.45) is 0.559. The lowest BCUT2D eigenvalue weighted by molar-refractivity contribution is -0.384. The van der Waals surface area contributed by atoms with E-state index < -0.39 is 4.92 Å². The first-order valence-electron chi connectivity index (χ1n) is 6.86. The topological polar surface area (TPSA) is 72.2 Å². The summed E-state index contributed by atoms with van der Waals surface area (Å²) in [6, 6.07) is 9.50. The van der Waals surface area contributed by atoms with E-state index in [-0.39, 0.29) is 18.0 Å². The molecule has 1 N–H and O–H groups in total. The van der Waals surface area contributed by atoms with Crippen LogP contribution < -0.4 is 5.32 Å². The first kappa shape index (κ1) is 17.2. The zero-order valence-electron chi connectivity index (χ0n) is 12.3. The van der Waals surface area contributed by atoms with Crippen LogP contribution in [-0.4, -0.2) is 10.8 Å². The lowest BCUT2D eigenvalue weighted by atomic mass is 10.1. The van der Waals surface area contributed by atoms with E-state index in [9.17, 15) is 14.9 Å². The molecule has 0 aliphatic carbocycles. The van der Waals surface area contributed by atoms with Gasteiger partial charge in [0.1, 0.15) is 0 Å². The minimum Gasteiger partial charge on any atom is -0.326 e. The van der Waals surface area contributed by atoms with Gasteiger partial charge in [-0.05, 0) is 36.6 Å². The van der Waals surface area contributed by atoms with Crippen LogP contribution in [-0.2, 0) is 11.2 Å². The van der Waals surface area contributed by atoms with E-state index in [0.717, 1.165) is 5.56 Å². The Morgan fingerprint density at radius 1 is 1.22 bits per heavy atom. The molecule has 1 amide bonds. The van der Waals surface area contributed by atoms with Gasteiger partial charge in [0.2, 0.25) is 5.91 Å². The van der Waals surface area contributed by atoms with E-state index >= 15 is 0 Å². The van der Waals surface area contributed by atoms with Crippen molar-refractivity contribution in [2.24, 2.45) is 0 Å². The van der Waals surface area contributed by atoms with Gasteiger partial charge in [0.05, 0.1) is 10.6 Å². The molecule has 0 aromatic heterocycles. The average molecular weight is 353 g/mol. The van der Waals surface area contributed by atoms with Crippen LogP contribution >= 0.6 is 23.2 Å². The van der Waals surface area contributed by atoms with Crippen LogP contribution in [0.5, 0.6) is 0 Å². The highest BCUT2D eigenvalue weighted by Gasteiger charge is 2.12. The smallest absolute Gasteiger partial charge is 0.271 e. The van der Waals surface area contributed by atoms with Crippen molar-refractivity contribution in [3.63, 3.8) is 0 Å². The molecular formula is C16H14Cl2N2O3. The number of hydrogen-bond acceptors (Lipinski definition) is 3. The number of benzene rings is 2. The second kappa shape index (κ2) is 7.44. The molecule has 0 spiro atoms. The fraction of sp³-hybridized carbons (Fsp3) is 0.188. The van der Waals surface area contributed by atoms with Crippen LogP contribution in [0.3, 0.4) is 0 Å². The van der Waals surface area contributed by atoms with E-state index in [1.165, 1.54) is 12.1 Å². The highest BCUT2D eigenvalue weighted by Crippen LogP contribution is 2.26. The molecular weight excluding hydrogens is 339 g/mol. The fourth-order valence-electron chi connectivity index (χ4n) is 2.08. The van der Waals surface area contributed by atoms with E-state index in [2.05, 4.69) is 5.32 Å². The predicted octanol–water partition coefficient (Wildman–Crippen LogP) is 4.78. The zero-order chi connectivity index (χ0) is 17.0. The minimum absolute atomic E-state index is 0.0694. The largest absolute Gasteiger partial charge is 0.326 e. The third kappa shape index (κ3) is 4.43. The van der Waals surface area contributed by atoms with E-state index in [4.69, 9.17) is 23.2 Å². The molecule has 2 aromatic rings. The van der Waals surface area contributed by atoms with E-state index in [1.807, 2.05) is 0 Å². The second-order valence-corrected chi connectivity index (χ2v) is 5.82. The summed E-state index contributed by atoms with van der Waals surface area (Å²) in [4.78, 5) is 22.4. The molecule has 0 saturated carbocycles. The Hall–Kier alpha value is -2.11. The number of rotatable bonds is 5. The first-order chi connectivity index (χ1) is 10.9. The zero-order valence-corrected chi connectivity index (χ0v) is 13.8. The van der Waals surface area contributed by atoms with Crippen molar-refractivity contribution in [1.29, 1.82) is 0 Å². The number of amides is 1. The molecule has 0 fully saturated rings. The lowest BCUT2D eigenvalue weighted by Crippen LogP contribution is -2.13. The predicted molar refractivity (Wildman–Crippen MR) is 91.2 cm³/mol. The van der Waals surface area contributed by atoms with Crippen molar-refractivity contribution in [2.75, 3.05) is 5.32 Å². The van der Waals surface area contributed by atoms with Gasteiger partial charge in [-0.1, -0.05) is 35.3 Å². The Labute approximate surface area is 143 Å². The number of nitro benzene ring substituents is 1. The summed E-state index contributed by atoms with van der Waals surface area (Å²) >= 11 is 12.1. The van der Waals surface area contributed by atoms with Gasteiger partial charge in [-0.25, -0.2) is 0 Å². The molecule has 0 bridgehead atoms. The van der Waals surface area contributed by atoms with Gasteiger partial charge in [0.15, 0.2) is 0 Å². The summed E-state index contributed by atoms with van der Waals surface area (Å²) in [5.74, 6) is -0.260. The standard InChI is InChI=1S/C16H14Cl2N2O3/c1-10-5-6-11(20(22)23)9-15(10)19-16(21)8-7-12-13(17)3-2-4-14(12)18/h2-6,9H,7-8H2,1H3,(H,19,21). The number of nitrogens with one attached hydrogen (secondary N) is 1. The van der Waals surface area contributed by atoms with Crippen molar-refractivity contribution < 1.29 is 9.72 Å². The van der Waals surface area contributed by atoms with Crippen LogP contribution in [0.2, 0.25) is 10.0 Å². The summed E-state index contributed by atoms with van der Waals surface area (Å²) in [6.45, 7) is 1.77. The normalized spacial score (nSPS) is 10.4. The fourth-order valence-corrected chi connectivity index (χ4v) is 2.67. The van der Waals surface area contributed by atoms with Gasteiger partial charge in [-0.3, -0.25) is 14.9 Å². The molecule has 23 heavy (non-hydrogen) atoms. The highest BCUT2D eigenvalue weighted by molar-refractivity contribution is 6.36. The van der Waals surface area contributed by atoms with Crippen molar-refractivity contribution in [3.05, 3.63) is 67.7 Å². The number of carbonyl (C=O) groups excluding carboxylic acids is 1. The molecule has 0 saturated heterocycles. The highest BCUT2D eigenvalue weighted by atomic mass is 35.5. The Balaban J connectivity index is 2.06. The number of aryl methyl sites for hydroxylation is 1. The SMILES string of the molecule is Cc1ccc([N+](=O)[O-])cc1NC(=O)CCc1c(Cl)cccc1Cl. The summed E-state index contributed by atoms with van der Waals surface area (Å²) in [7, 11) is 0. The molecule has 120 valence electrons. The maximum Gasteiger partial charge on any atom is 0.271 e. The van der Waals surface area contributed by atoms with Gasteiger partial charge >= 0.3 is 0 Å². The number of nitrogens with zero attached hydrogens (tertiary/aromatic N) is 1. The average Bonchev–Trinajstić information content (AvgIpc) is 2.48. The molecule has 2 aromatic carbocycles.